The summed E-state index contributed by atoms with van der Waals surface area (Å²) in [6.07, 6.45) is 0. The number of rotatable bonds is 8. The molecule has 8 nitrogen and oxygen atoms in total. The van der Waals surface area contributed by atoms with Gasteiger partial charge in [0.05, 0.1) is 13.2 Å². The average Bonchev–Trinajstić information content (AvgIpc) is 3.21. The lowest BCUT2D eigenvalue weighted by molar-refractivity contribution is -0.119. The Bertz CT molecular complexity index is 1000. The molecule has 9 heteroatoms. The second-order valence-electron chi connectivity index (χ2n) is 8.33. The summed E-state index contributed by atoms with van der Waals surface area (Å²) in [6.45, 7) is 9.58. The van der Waals surface area contributed by atoms with Crippen molar-refractivity contribution in [3.8, 4) is 11.3 Å². The van der Waals surface area contributed by atoms with E-state index in [1.54, 1.807) is 7.11 Å². The van der Waals surface area contributed by atoms with E-state index in [1.165, 1.54) is 16.9 Å². The van der Waals surface area contributed by atoms with Gasteiger partial charge in [0.25, 0.3) is 0 Å². The van der Waals surface area contributed by atoms with Gasteiger partial charge in [-0.1, -0.05) is 41.2 Å². The Kier molecular flexibility index (Phi) is 6.62. The van der Waals surface area contributed by atoms with E-state index in [9.17, 15) is 4.79 Å². The molecule has 0 aliphatic carbocycles. The number of imidazole rings is 1. The minimum Gasteiger partial charge on any atom is -0.383 e. The fourth-order valence-electron chi connectivity index (χ4n) is 2.90. The Hall–Kier alpha value is -2.65. The van der Waals surface area contributed by atoms with Crippen molar-refractivity contribution in [3.63, 3.8) is 0 Å². The van der Waals surface area contributed by atoms with E-state index >= 15 is 0 Å². The smallest absolute Gasteiger partial charge is 0.239 e. The number of benzene rings is 1. The predicted molar refractivity (Wildman–Crippen MR) is 123 cm³/mol. The Morgan fingerprint density at radius 3 is 2.60 bits per heavy atom. The van der Waals surface area contributed by atoms with Gasteiger partial charge in [0.1, 0.15) is 5.69 Å². The number of hydrogen-bond acceptors (Lipinski definition) is 7. The molecule has 0 saturated heterocycles. The zero-order chi connectivity index (χ0) is 21.9. The molecule has 3 aromatic rings. The van der Waals surface area contributed by atoms with Gasteiger partial charge in [0.2, 0.25) is 16.0 Å². The number of anilines is 2. The molecule has 0 atom stereocenters. The number of nitrogens with one attached hydrogen (secondary N) is 2. The van der Waals surface area contributed by atoms with E-state index in [4.69, 9.17) is 14.8 Å². The highest BCUT2D eigenvalue weighted by molar-refractivity contribution is 7.20. The van der Waals surface area contributed by atoms with Crippen LogP contribution in [0.25, 0.3) is 16.2 Å². The maximum Gasteiger partial charge on any atom is 0.239 e. The summed E-state index contributed by atoms with van der Waals surface area (Å²) in [4.78, 5) is 19.6. The summed E-state index contributed by atoms with van der Waals surface area (Å²) in [5, 5.41) is 11.8. The zero-order valence-electron chi connectivity index (χ0n) is 18.4. The van der Waals surface area contributed by atoms with Gasteiger partial charge in [0, 0.05) is 31.8 Å². The minimum absolute atomic E-state index is 0.0734. The summed E-state index contributed by atoms with van der Waals surface area (Å²) in [5.41, 5.74) is 2.95. The monoisotopic (exact) mass is 430 g/mol. The first-order valence-corrected chi connectivity index (χ1v) is 10.7. The fraction of sp³-hybridized carbons (Fsp3) is 0.476. The molecule has 1 aromatic carbocycles. The molecule has 0 bridgehead atoms. The number of fused-ring (bicyclic) bond motifs is 1. The predicted octanol–water partition coefficient (Wildman–Crippen LogP) is 3.18. The fourth-order valence-corrected chi connectivity index (χ4v) is 3.77. The van der Waals surface area contributed by atoms with E-state index in [2.05, 4.69) is 62.6 Å². The Balaban J connectivity index is 1.90. The van der Waals surface area contributed by atoms with Gasteiger partial charge < -0.3 is 20.3 Å². The van der Waals surface area contributed by atoms with Crippen LogP contribution >= 0.6 is 11.3 Å². The van der Waals surface area contributed by atoms with Gasteiger partial charge in [0.15, 0.2) is 5.82 Å². The Morgan fingerprint density at radius 2 is 1.97 bits per heavy atom. The molecule has 0 radical (unpaired) electrons. The quantitative estimate of drug-likeness (QED) is 0.534. The second-order valence-corrected chi connectivity index (χ2v) is 9.26. The van der Waals surface area contributed by atoms with Crippen molar-refractivity contribution in [3.05, 3.63) is 29.8 Å². The van der Waals surface area contributed by atoms with Crippen LogP contribution in [0.3, 0.4) is 0 Å². The summed E-state index contributed by atoms with van der Waals surface area (Å²) in [5.74, 6) is 0.776. The van der Waals surface area contributed by atoms with Crippen molar-refractivity contribution in [1.82, 2.24) is 19.9 Å². The molecule has 2 aromatic heterocycles. The number of ether oxygens (including phenoxy) is 1. The van der Waals surface area contributed by atoms with E-state index in [0.29, 0.717) is 13.2 Å². The number of methoxy groups -OCH3 is 1. The molecule has 2 heterocycles. The third-order valence-electron chi connectivity index (χ3n) is 4.35. The molecule has 3 rings (SSSR count). The standard InChI is InChI=1S/C21H30N6O2S/c1-14-7-9-15(10-8-14)17-18(24-21(2,3)4)27-19(23-17)30-20(25-27)26(5)13-16(28)22-11-12-29-6/h7-10,24H,11-13H2,1-6H3,(H,22,28). The largest absolute Gasteiger partial charge is 0.383 e. The lowest BCUT2D eigenvalue weighted by Gasteiger charge is -2.22. The van der Waals surface area contributed by atoms with Crippen LogP contribution in [0.5, 0.6) is 0 Å². The minimum atomic E-state index is -0.160. The SMILES string of the molecule is COCCNC(=O)CN(C)c1nn2c(NC(C)(C)C)c(-c3ccc(C)cc3)nc2s1. The highest BCUT2D eigenvalue weighted by Crippen LogP contribution is 2.34. The Labute approximate surface area is 181 Å². The maximum absolute atomic E-state index is 12.1. The van der Waals surface area contributed by atoms with Gasteiger partial charge in [-0.25, -0.2) is 4.98 Å². The lowest BCUT2D eigenvalue weighted by Crippen LogP contribution is -2.36. The molecule has 0 saturated carbocycles. The van der Waals surface area contributed by atoms with Crippen molar-refractivity contribution in [2.75, 3.05) is 44.1 Å². The highest BCUT2D eigenvalue weighted by Gasteiger charge is 2.23. The molecule has 0 aliphatic rings. The van der Waals surface area contributed by atoms with Crippen LogP contribution in [0.4, 0.5) is 10.9 Å². The van der Waals surface area contributed by atoms with Crippen LogP contribution in [-0.2, 0) is 9.53 Å². The number of carbonyl (C=O) groups is 1. The normalized spacial score (nSPS) is 11.7. The lowest BCUT2D eigenvalue weighted by atomic mass is 10.1. The molecule has 1 amide bonds. The number of amides is 1. The van der Waals surface area contributed by atoms with Crippen LogP contribution < -0.4 is 15.5 Å². The maximum atomic E-state index is 12.1. The van der Waals surface area contributed by atoms with Crippen molar-refractivity contribution in [2.24, 2.45) is 0 Å². The average molecular weight is 431 g/mol. The van der Waals surface area contributed by atoms with Crippen LogP contribution in [0.1, 0.15) is 26.3 Å². The van der Waals surface area contributed by atoms with E-state index in [-0.39, 0.29) is 18.0 Å². The molecule has 0 aliphatic heterocycles. The number of likely N-dealkylation sites (N-methyl/N-ethyl adjacent to an activating group) is 1. The molecule has 30 heavy (non-hydrogen) atoms. The third-order valence-corrected chi connectivity index (χ3v) is 5.37. The van der Waals surface area contributed by atoms with Crippen molar-refractivity contribution in [1.29, 1.82) is 0 Å². The van der Waals surface area contributed by atoms with Gasteiger partial charge in [-0.3, -0.25) is 4.79 Å². The van der Waals surface area contributed by atoms with E-state index < -0.39 is 0 Å². The van der Waals surface area contributed by atoms with Gasteiger partial charge in [-0.15, -0.1) is 5.10 Å². The summed E-state index contributed by atoms with van der Waals surface area (Å²) < 4.78 is 6.79. The van der Waals surface area contributed by atoms with Crippen LogP contribution in [-0.4, -0.2) is 59.9 Å². The van der Waals surface area contributed by atoms with E-state index in [0.717, 1.165) is 27.2 Å². The molecule has 0 fully saturated rings. The first-order valence-electron chi connectivity index (χ1n) is 9.89. The molecular weight excluding hydrogens is 400 g/mol. The summed E-state index contributed by atoms with van der Waals surface area (Å²) in [6, 6.07) is 8.32. The highest BCUT2D eigenvalue weighted by atomic mass is 32.1. The number of nitrogens with zero attached hydrogens (tertiary/aromatic N) is 4. The van der Waals surface area contributed by atoms with Gasteiger partial charge in [-0.2, -0.15) is 4.52 Å². The van der Waals surface area contributed by atoms with Gasteiger partial charge in [-0.05, 0) is 27.7 Å². The molecule has 0 spiro atoms. The number of hydrogen-bond donors (Lipinski definition) is 2. The Morgan fingerprint density at radius 1 is 1.27 bits per heavy atom. The van der Waals surface area contributed by atoms with Gasteiger partial charge >= 0.3 is 0 Å². The van der Waals surface area contributed by atoms with Crippen molar-refractivity contribution in [2.45, 2.75) is 33.2 Å². The zero-order valence-corrected chi connectivity index (χ0v) is 19.3. The first-order chi connectivity index (χ1) is 14.2. The summed E-state index contributed by atoms with van der Waals surface area (Å²) >= 11 is 1.46. The number of carbonyl (C=O) groups excluding carboxylic acids is 1. The molecule has 0 unspecified atom stereocenters. The van der Waals surface area contributed by atoms with Crippen molar-refractivity contribution < 1.29 is 9.53 Å². The topological polar surface area (TPSA) is 83.8 Å². The van der Waals surface area contributed by atoms with Crippen LogP contribution in [0.2, 0.25) is 0 Å². The molecule has 2 N–H and O–H groups in total. The number of aryl methyl sites for hydroxylation is 1. The second kappa shape index (κ2) is 9.01. The van der Waals surface area contributed by atoms with E-state index in [1.807, 2.05) is 16.5 Å². The third kappa shape index (κ3) is 5.28. The molecule has 162 valence electrons. The first kappa shape index (κ1) is 22.0. The van der Waals surface area contributed by atoms with Crippen LogP contribution in [0.15, 0.2) is 24.3 Å². The van der Waals surface area contributed by atoms with Crippen LogP contribution in [0, 0.1) is 6.92 Å². The molecular formula is C21H30N6O2S. The number of aromatic nitrogens is 3. The van der Waals surface area contributed by atoms with Crippen molar-refractivity contribution >= 4 is 33.2 Å². The summed E-state index contributed by atoms with van der Waals surface area (Å²) in [7, 11) is 3.46.